The predicted octanol–water partition coefficient (Wildman–Crippen LogP) is 5.79. The zero-order valence-corrected chi connectivity index (χ0v) is 22.1. The number of hydrogen-bond acceptors (Lipinski definition) is 3. The summed E-state index contributed by atoms with van der Waals surface area (Å²) in [4.78, 5) is 22.0. The van der Waals surface area contributed by atoms with Gasteiger partial charge in [-0.3, -0.25) is 9.78 Å². The highest BCUT2D eigenvalue weighted by Crippen LogP contribution is 2.47. The highest BCUT2D eigenvalue weighted by molar-refractivity contribution is 5.82. The number of nitrogens with one attached hydrogen (secondary N) is 1. The molecule has 4 heteroatoms. The number of piperidine rings is 1. The molecular formula is C32H43N3O. The Bertz CT molecular complexity index is 1060. The first kappa shape index (κ1) is 24.2. The van der Waals surface area contributed by atoms with E-state index in [9.17, 15) is 4.79 Å². The van der Waals surface area contributed by atoms with Crippen molar-refractivity contribution in [1.82, 2.24) is 15.2 Å². The Kier molecular flexibility index (Phi) is 6.90. The number of benzene rings is 1. The number of aromatic nitrogens is 1. The molecule has 4 aliphatic rings. The quantitative estimate of drug-likeness (QED) is 0.596. The summed E-state index contributed by atoms with van der Waals surface area (Å²) in [6.45, 7) is 4.81. The molecule has 1 amide bonds. The van der Waals surface area contributed by atoms with Gasteiger partial charge in [-0.1, -0.05) is 62.6 Å². The fraction of sp³-hybridized carbons (Fsp3) is 0.625. The molecule has 1 saturated carbocycles. The third-order valence-corrected chi connectivity index (χ3v) is 10.1. The summed E-state index contributed by atoms with van der Waals surface area (Å²) < 4.78 is 0. The lowest BCUT2D eigenvalue weighted by Gasteiger charge is -2.48. The lowest BCUT2D eigenvalue weighted by molar-refractivity contribution is -0.143. The molecule has 3 heterocycles. The van der Waals surface area contributed by atoms with Crippen LogP contribution in [0.15, 0.2) is 42.5 Å². The summed E-state index contributed by atoms with van der Waals surface area (Å²) in [7, 11) is 0. The average molecular weight is 486 g/mol. The van der Waals surface area contributed by atoms with Crippen molar-refractivity contribution in [2.24, 2.45) is 11.8 Å². The van der Waals surface area contributed by atoms with Gasteiger partial charge in [0.05, 0.1) is 5.92 Å². The Morgan fingerprint density at radius 1 is 1.06 bits per heavy atom. The van der Waals surface area contributed by atoms with Crippen LogP contribution in [-0.2, 0) is 23.1 Å². The summed E-state index contributed by atoms with van der Waals surface area (Å²) >= 11 is 0. The van der Waals surface area contributed by atoms with Gasteiger partial charge in [-0.2, -0.15) is 0 Å². The number of rotatable bonds is 4. The van der Waals surface area contributed by atoms with Crippen LogP contribution in [0.3, 0.4) is 0 Å². The molecule has 0 radical (unpaired) electrons. The predicted molar refractivity (Wildman–Crippen MR) is 145 cm³/mol. The number of aryl methyl sites for hydroxylation is 2. The second kappa shape index (κ2) is 10.3. The molecule has 6 rings (SSSR count). The van der Waals surface area contributed by atoms with E-state index in [0.29, 0.717) is 23.8 Å². The Labute approximate surface area is 217 Å². The molecule has 1 spiro atoms. The van der Waals surface area contributed by atoms with Gasteiger partial charge in [-0.15, -0.1) is 0 Å². The van der Waals surface area contributed by atoms with Crippen molar-refractivity contribution >= 4 is 5.91 Å². The van der Waals surface area contributed by atoms with E-state index >= 15 is 0 Å². The third kappa shape index (κ3) is 4.30. The molecule has 3 fully saturated rings. The third-order valence-electron chi connectivity index (χ3n) is 10.1. The zero-order valence-electron chi connectivity index (χ0n) is 22.1. The largest absolute Gasteiger partial charge is 0.339 e. The van der Waals surface area contributed by atoms with Gasteiger partial charge in [-0.25, -0.2) is 0 Å². The Morgan fingerprint density at radius 2 is 1.89 bits per heavy atom. The molecule has 2 aromatic rings. The van der Waals surface area contributed by atoms with E-state index in [-0.39, 0.29) is 11.3 Å². The minimum atomic E-state index is -0.0860. The lowest BCUT2D eigenvalue weighted by atomic mass is 9.64. The second-order valence-corrected chi connectivity index (χ2v) is 12.0. The van der Waals surface area contributed by atoms with Gasteiger partial charge in [0.25, 0.3) is 0 Å². The number of likely N-dealkylation sites (tertiary alicyclic amines) is 1. The van der Waals surface area contributed by atoms with Gasteiger partial charge in [0.1, 0.15) is 0 Å². The molecule has 2 aliphatic heterocycles. The van der Waals surface area contributed by atoms with Crippen molar-refractivity contribution in [3.63, 3.8) is 0 Å². The molecule has 2 saturated heterocycles. The molecule has 36 heavy (non-hydrogen) atoms. The number of carbonyl (C=O) groups excluding carboxylic acids is 1. The van der Waals surface area contributed by atoms with Crippen LogP contribution in [-0.4, -0.2) is 41.5 Å². The fourth-order valence-corrected chi connectivity index (χ4v) is 8.19. The maximum Gasteiger partial charge on any atom is 0.228 e. The van der Waals surface area contributed by atoms with E-state index in [1.54, 1.807) is 0 Å². The second-order valence-electron chi connectivity index (χ2n) is 12.0. The van der Waals surface area contributed by atoms with Crippen molar-refractivity contribution in [3.05, 3.63) is 65.0 Å². The lowest BCUT2D eigenvalue weighted by Crippen LogP contribution is -2.55. The van der Waals surface area contributed by atoms with Crippen LogP contribution >= 0.6 is 0 Å². The van der Waals surface area contributed by atoms with Crippen LogP contribution in [0.25, 0.3) is 0 Å². The van der Waals surface area contributed by atoms with Crippen LogP contribution in [0, 0.1) is 11.8 Å². The van der Waals surface area contributed by atoms with E-state index in [2.05, 4.69) is 59.6 Å². The number of fused-ring (bicyclic) bond motifs is 2. The molecule has 1 aromatic carbocycles. The number of nitrogens with zero attached hydrogens (tertiary/aromatic N) is 2. The molecule has 192 valence electrons. The zero-order chi connectivity index (χ0) is 24.5. The van der Waals surface area contributed by atoms with E-state index in [1.807, 2.05) is 0 Å². The van der Waals surface area contributed by atoms with Gasteiger partial charge in [-0.05, 0) is 80.4 Å². The Balaban J connectivity index is 1.30. The first-order valence-corrected chi connectivity index (χ1v) is 14.7. The molecule has 4 atom stereocenters. The summed E-state index contributed by atoms with van der Waals surface area (Å²) in [6, 6.07) is 16.0. The van der Waals surface area contributed by atoms with Crippen molar-refractivity contribution in [3.8, 4) is 0 Å². The summed E-state index contributed by atoms with van der Waals surface area (Å²) in [5.74, 6) is 1.69. The van der Waals surface area contributed by atoms with Crippen LogP contribution in [0.5, 0.6) is 0 Å². The molecule has 4 unspecified atom stereocenters. The molecule has 1 aromatic heterocycles. The highest BCUT2D eigenvalue weighted by Gasteiger charge is 2.52. The monoisotopic (exact) mass is 485 g/mol. The number of hydrogen-bond donors (Lipinski definition) is 1. The van der Waals surface area contributed by atoms with Gasteiger partial charge in [0.15, 0.2) is 0 Å². The van der Waals surface area contributed by atoms with E-state index < -0.39 is 0 Å². The van der Waals surface area contributed by atoms with Gasteiger partial charge in [0, 0.05) is 42.5 Å². The van der Waals surface area contributed by atoms with Crippen LogP contribution in [0.1, 0.15) is 93.1 Å². The normalized spacial score (nSPS) is 30.9. The molecular weight excluding hydrogens is 442 g/mol. The molecule has 0 bridgehead atoms. The van der Waals surface area contributed by atoms with Gasteiger partial charge in [0.2, 0.25) is 5.91 Å². The van der Waals surface area contributed by atoms with E-state index in [0.717, 1.165) is 58.2 Å². The summed E-state index contributed by atoms with van der Waals surface area (Å²) in [5, 5.41) is 3.68. The molecule has 1 N–H and O–H groups in total. The van der Waals surface area contributed by atoms with E-state index in [1.165, 1.54) is 54.6 Å². The first-order valence-electron chi connectivity index (χ1n) is 14.7. The summed E-state index contributed by atoms with van der Waals surface area (Å²) in [5.41, 5.74) is 5.18. The smallest absolute Gasteiger partial charge is 0.228 e. The minimum Gasteiger partial charge on any atom is -0.339 e. The fourth-order valence-electron chi connectivity index (χ4n) is 8.19. The highest BCUT2D eigenvalue weighted by atomic mass is 16.2. The first-order chi connectivity index (χ1) is 17.7. The maximum absolute atomic E-state index is 14.6. The number of carbonyl (C=O) groups is 1. The Hall–Kier alpha value is -2.20. The van der Waals surface area contributed by atoms with E-state index in [4.69, 9.17) is 4.98 Å². The van der Waals surface area contributed by atoms with Crippen molar-refractivity contribution < 1.29 is 4.79 Å². The minimum absolute atomic E-state index is 0.0326. The van der Waals surface area contributed by atoms with Crippen LogP contribution < -0.4 is 5.32 Å². The molecule has 4 nitrogen and oxygen atoms in total. The Morgan fingerprint density at radius 3 is 2.69 bits per heavy atom. The standard InChI is InChI=1S/C32H43N3O/c1-2-26-15-16-27-29(34-26)14-9-18-32(27)22-33-21-28(32)31(36)35-19-17-25(23-10-5-3-6-11-23)20-30(35)24-12-7-4-8-13-24/h3,5-6,10-11,15-16,24-25,28,30,33H,2,4,7-9,12-14,17-22H2,1H3. The van der Waals surface area contributed by atoms with Crippen molar-refractivity contribution in [2.75, 3.05) is 19.6 Å². The number of pyridine rings is 1. The van der Waals surface area contributed by atoms with Gasteiger partial charge < -0.3 is 10.2 Å². The summed E-state index contributed by atoms with van der Waals surface area (Å²) in [6.07, 6.45) is 13.1. The van der Waals surface area contributed by atoms with Crippen molar-refractivity contribution in [1.29, 1.82) is 0 Å². The van der Waals surface area contributed by atoms with Crippen LogP contribution in [0.4, 0.5) is 0 Å². The van der Waals surface area contributed by atoms with Crippen molar-refractivity contribution in [2.45, 2.75) is 94.9 Å². The average Bonchev–Trinajstić information content (AvgIpc) is 3.37. The van der Waals surface area contributed by atoms with Gasteiger partial charge >= 0.3 is 0 Å². The molecule has 2 aliphatic carbocycles. The topological polar surface area (TPSA) is 45.2 Å². The number of amides is 1. The van der Waals surface area contributed by atoms with Crippen LogP contribution in [0.2, 0.25) is 0 Å². The SMILES string of the molecule is CCc1ccc2c(n1)CCCC21CNCC1C(=O)N1CCC(c2ccccc2)CC1C1CCCCC1. The maximum atomic E-state index is 14.6.